The van der Waals surface area contributed by atoms with Gasteiger partial charge in [0.25, 0.3) is 0 Å². The van der Waals surface area contributed by atoms with Crippen molar-refractivity contribution in [1.29, 1.82) is 0 Å². The van der Waals surface area contributed by atoms with Crippen molar-refractivity contribution in [1.82, 2.24) is 0 Å². The van der Waals surface area contributed by atoms with Crippen LogP contribution in [0, 0.1) is 58.7 Å². The summed E-state index contributed by atoms with van der Waals surface area (Å²) in [5.41, 5.74) is 4.69. The second-order valence-electron chi connectivity index (χ2n) is 13.1. The van der Waals surface area contributed by atoms with E-state index in [2.05, 4.69) is 53.2 Å². The average molecular weight is 408 g/mol. The summed E-state index contributed by atoms with van der Waals surface area (Å²) in [4.78, 5) is 0. The Morgan fingerprint density at radius 2 is 1.77 bits per heavy atom. The Morgan fingerprint density at radius 3 is 2.50 bits per heavy atom. The van der Waals surface area contributed by atoms with Gasteiger partial charge in [0.1, 0.15) is 0 Å². The SMILES string of the molecule is CC(C)CCC[C@@H](C)[C@H]1CC[C@H]2[C@@H]3CC=C4C[C@@H](C5=C[CH]5)CCC4(C)[C@H]3CC[C@]12C. The molecule has 0 aromatic heterocycles. The fourth-order valence-corrected chi connectivity index (χ4v) is 9.29. The number of allylic oxidation sites excluding steroid dienone is 4. The van der Waals surface area contributed by atoms with Crippen LogP contribution in [-0.4, -0.2) is 0 Å². The number of rotatable bonds is 6. The third kappa shape index (κ3) is 3.47. The maximum Gasteiger partial charge on any atom is 0.00833 e. The van der Waals surface area contributed by atoms with Gasteiger partial charge < -0.3 is 0 Å². The van der Waals surface area contributed by atoms with Gasteiger partial charge in [-0.1, -0.05) is 77.2 Å². The molecule has 0 nitrogen and oxygen atoms in total. The van der Waals surface area contributed by atoms with Gasteiger partial charge in [0.15, 0.2) is 0 Å². The van der Waals surface area contributed by atoms with Gasteiger partial charge in [-0.05, 0) is 104 Å². The molecule has 0 aromatic carbocycles. The quantitative estimate of drug-likeness (QED) is 0.386. The molecule has 8 atom stereocenters. The van der Waals surface area contributed by atoms with Gasteiger partial charge in [0.2, 0.25) is 0 Å². The van der Waals surface area contributed by atoms with Gasteiger partial charge in [-0.3, -0.25) is 0 Å². The van der Waals surface area contributed by atoms with Gasteiger partial charge in [-0.15, -0.1) is 0 Å². The lowest BCUT2D eigenvalue weighted by atomic mass is 9.46. The molecule has 30 heavy (non-hydrogen) atoms. The zero-order chi connectivity index (χ0) is 21.1. The van der Waals surface area contributed by atoms with E-state index in [1.54, 1.807) is 5.57 Å². The van der Waals surface area contributed by atoms with Gasteiger partial charge >= 0.3 is 0 Å². The lowest BCUT2D eigenvalue weighted by Gasteiger charge is -2.58. The summed E-state index contributed by atoms with van der Waals surface area (Å²) in [6.45, 7) is 12.8. The first-order chi connectivity index (χ1) is 14.3. The molecular weight excluding hydrogens is 360 g/mol. The summed E-state index contributed by atoms with van der Waals surface area (Å²) < 4.78 is 0. The molecule has 3 saturated carbocycles. The van der Waals surface area contributed by atoms with Crippen LogP contribution < -0.4 is 0 Å². The minimum Gasteiger partial charge on any atom is -0.0845 e. The molecule has 0 N–H and O–H groups in total. The maximum atomic E-state index is 2.77. The molecule has 5 rings (SSSR count). The third-order valence-corrected chi connectivity index (χ3v) is 11.1. The van der Waals surface area contributed by atoms with Gasteiger partial charge in [0, 0.05) is 6.42 Å². The molecular formula is C30H47. The molecule has 0 heteroatoms. The van der Waals surface area contributed by atoms with Gasteiger partial charge in [0.05, 0.1) is 0 Å². The molecule has 0 aromatic rings. The Kier molecular flexibility index (Phi) is 5.55. The summed E-state index contributed by atoms with van der Waals surface area (Å²) in [6, 6.07) is 0. The maximum absolute atomic E-state index is 2.77. The first-order valence-electron chi connectivity index (χ1n) is 13.6. The van der Waals surface area contributed by atoms with Crippen molar-refractivity contribution in [3.63, 3.8) is 0 Å². The summed E-state index contributed by atoms with van der Waals surface area (Å²) >= 11 is 0. The summed E-state index contributed by atoms with van der Waals surface area (Å²) in [5, 5.41) is 0. The Morgan fingerprint density at radius 1 is 0.967 bits per heavy atom. The van der Waals surface area contributed by atoms with Crippen LogP contribution in [0.4, 0.5) is 0 Å². The van der Waals surface area contributed by atoms with Crippen LogP contribution in [0.1, 0.15) is 105 Å². The highest BCUT2D eigenvalue weighted by Crippen LogP contribution is 2.68. The topological polar surface area (TPSA) is 0 Å². The molecule has 1 unspecified atom stereocenters. The van der Waals surface area contributed by atoms with E-state index in [1.165, 1.54) is 70.6 Å². The summed E-state index contributed by atoms with van der Waals surface area (Å²) in [7, 11) is 0. The molecule has 0 aliphatic heterocycles. The molecule has 1 radical (unpaired) electrons. The standard InChI is InChI=1S/C30H47/c1-20(2)7-6-8-21(3)26-13-14-27-25-12-11-24-19-23(22-9-10-22)15-17-29(24,4)28(25)16-18-30(26,27)5/h9-11,20-21,23,25-28H,6-8,12-19H2,1-5H3/t21-,23+,25+,26-,27+,28+,29?,30-/m1/s1. The second kappa shape index (κ2) is 7.81. The molecule has 0 heterocycles. The van der Waals surface area contributed by atoms with Crippen molar-refractivity contribution in [2.45, 2.75) is 105 Å². The van der Waals surface area contributed by atoms with E-state index >= 15 is 0 Å². The highest BCUT2D eigenvalue weighted by Gasteiger charge is 2.59. The molecule has 0 spiro atoms. The molecule has 0 bridgehead atoms. The van der Waals surface area contributed by atoms with E-state index in [0.29, 0.717) is 10.8 Å². The van der Waals surface area contributed by atoms with Crippen LogP contribution >= 0.6 is 0 Å². The zero-order valence-electron chi connectivity index (χ0n) is 20.6. The van der Waals surface area contributed by atoms with E-state index in [1.807, 2.05) is 5.57 Å². The normalized spacial score (nSPS) is 45.9. The van der Waals surface area contributed by atoms with Crippen molar-refractivity contribution in [3.05, 3.63) is 29.7 Å². The Bertz CT molecular complexity index is 710. The number of hydrogen-bond donors (Lipinski definition) is 0. The fraction of sp³-hybridized carbons (Fsp3) is 0.833. The van der Waals surface area contributed by atoms with Crippen molar-refractivity contribution in [3.8, 4) is 0 Å². The van der Waals surface area contributed by atoms with Crippen molar-refractivity contribution < 1.29 is 0 Å². The van der Waals surface area contributed by atoms with Crippen LogP contribution in [0.3, 0.4) is 0 Å². The van der Waals surface area contributed by atoms with Gasteiger partial charge in [-0.2, -0.15) is 0 Å². The molecule has 3 fully saturated rings. The highest BCUT2D eigenvalue weighted by molar-refractivity contribution is 5.43. The largest absolute Gasteiger partial charge is 0.0845 e. The van der Waals surface area contributed by atoms with E-state index in [9.17, 15) is 0 Å². The predicted molar refractivity (Wildman–Crippen MR) is 129 cm³/mol. The highest BCUT2D eigenvalue weighted by atomic mass is 14.6. The minimum atomic E-state index is 0.525. The van der Waals surface area contributed by atoms with E-state index in [-0.39, 0.29) is 0 Å². The monoisotopic (exact) mass is 407 g/mol. The molecule has 5 aliphatic rings. The number of fused-ring (bicyclic) bond motifs is 5. The van der Waals surface area contributed by atoms with Crippen LogP contribution in [-0.2, 0) is 0 Å². The molecule has 5 aliphatic carbocycles. The van der Waals surface area contributed by atoms with Crippen molar-refractivity contribution in [2.75, 3.05) is 0 Å². The van der Waals surface area contributed by atoms with Crippen LogP contribution in [0.5, 0.6) is 0 Å². The van der Waals surface area contributed by atoms with Crippen molar-refractivity contribution >= 4 is 0 Å². The lowest BCUT2D eigenvalue weighted by Crippen LogP contribution is -2.50. The van der Waals surface area contributed by atoms with Gasteiger partial charge in [-0.25, -0.2) is 0 Å². The molecule has 167 valence electrons. The molecule has 0 saturated heterocycles. The fourth-order valence-electron chi connectivity index (χ4n) is 9.29. The lowest BCUT2D eigenvalue weighted by molar-refractivity contribution is -0.0517. The van der Waals surface area contributed by atoms with Crippen LogP contribution in [0.15, 0.2) is 23.3 Å². The smallest absolute Gasteiger partial charge is 0.00833 e. The average Bonchev–Trinajstić information content (AvgIpc) is 3.48. The third-order valence-electron chi connectivity index (χ3n) is 11.1. The Balaban J connectivity index is 1.30. The van der Waals surface area contributed by atoms with Crippen LogP contribution in [0.2, 0.25) is 0 Å². The number of hydrogen-bond acceptors (Lipinski definition) is 0. The van der Waals surface area contributed by atoms with Crippen LogP contribution in [0.25, 0.3) is 0 Å². The van der Waals surface area contributed by atoms with E-state index < -0.39 is 0 Å². The zero-order valence-corrected chi connectivity index (χ0v) is 20.6. The predicted octanol–water partition coefficient (Wildman–Crippen LogP) is 8.79. The summed E-state index contributed by atoms with van der Waals surface area (Å²) in [6.07, 6.45) is 23.6. The van der Waals surface area contributed by atoms with E-state index in [4.69, 9.17) is 0 Å². The molecule has 0 amide bonds. The Hall–Kier alpha value is -0.520. The minimum absolute atomic E-state index is 0.525. The first kappa shape index (κ1) is 21.3. The van der Waals surface area contributed by atoms with E-state index in [0.717, 1.165) is 41.4 Å². The first-order valence-corrected chi connectivity index (χ1v) is 13.6. The van der Waals surface area contributed by atoms with Crippen molar-refractivity contribution in [2.24, 2.45) is 52.3 Å². The second-order valence-corrected chi connectivity index (χ2v) is 13.1. The Labute approximate surface area is 187 Å². The summed E-state index contributed by atoms with van der Waals surface area (Å²) in [5.74, 6) is 6.60.